The molecule has 0 aliphatic rings. The van der Waals surface area contributed by atoms with Gasteiger partial charge in [-0.25, -0.2) is 0 Å². The molecule has 0 aliphatic heterocycles. The van der Waals surface area contributed by atoms with Gasteiger partial charge in [-0.2, -0.15) is 0 Å². The first kappa shape index (κ1) is 33.7. The van der Waals surface area contributed by atoms with E-state index >= 15 is 0 Å². The molecule has 9 nitrogen and oxygen atoms in total. The van der Waals surface area contributed by atoms with Gasteiger partial charge >= 0.3 is 0 Å². The maximum Gasteiger partial charge on any atom is 0.272 e. The summed E-state index contributed by atoms with van der Waals surface area (Å²) in [6, 6.07) is 26.8. The highest BCUT2D eigenvalue weighted by Crippen LogP contribution is 2.38. The molecule has 1 unspecified atom stereocenters. The molecule has 238 valence electrons. The average molecular weight is 640 g/mol. The Hall–Kier alpha value is -5.22. The molecule has 4 aromatic carbocycles. The number of carbonyl (C=O) groups is 3. The highest BCUT2D eigenvalue weighted by atomic mass is 32.2. The lowest BCUT2D eigenvalue weighted by Gasteiger charge is -2.16. The Kier molecular flexibility index (Phi) is 11.9. The van der Waals surface area contributed by atoms with Crippen LogP contribution < -0.4 is 30.2 Å². The molecular weight excluding hydrogens is 602 g/mol. The summed E-state index contributed by atoms with van der Waals surface area (Å²) in [6.45, 7) is 3.93. The maximum atomic E-state index is 13.7. The zero-order valence-electron chi connectivity index (χ0n) is 26.4. The Bertz CT molecular complexity index is 1700. The van der Waals surface area contributed by atoms with Crippen molar-refractivity contribution in [3.63, 3.8) is 0 Å². The molecule has 46 heavy (non-hydrogen) atoms. The molecular formula is C36H37N3O6S. The smallest absolute Gasteiger partial charge is 0.272 e. The van der Waals surface area contributed by atoms with Gasteiger partial charge in [-0.1, -0.05) is 43.3 Å². The van der Waals surface area contributed by atoms with Crippen molar-refractivity contribution in [1.29, 1.82) is 0 Å². The minimum Gasteiger partial charge on any atom is -0.493 e. The van der Waals surface area contributed by atoms with Gasteiger partial charge in [-0.15, -0.1) is 11.8 Å². The Balaban J connectivity index is 1.58. The maximum absolute atomic E-state index is 13.7. The molecule has 0 fully saturated rings. The van der Waals surface area contributed by atoms with Gasteiger partial charge in [0.2, 0.25) is 11.7 Å². The van der Waals surface area contributed by atoms with Crippen LogP contribution in [0.1, 0.15) is 34.8 Å². The minimum absolute atomic E-state index is 0.00912. The second kappa shape index (κ2) is 16.2. The fourth-order valence-corrected chi connectivity index (χ4v) is 5.58. The summed E-state index contributed by atoms with van der Waals surface area (Å²) >= 11 is 1.40. The first-order valence-corrected chi connectivity index (χ1v) is 15.5. The van der Waals surface area contributed by atoms with Crippen LogP contribution in [0.2, 0.25) is 0 Å². The lowest BCUT2D eigenvalue weighted by Crippen LogP contribution is -2.30. The molecule has 0 aromatic heterocycles. The van der Waals surface area contributed by atoms with Crippen LogP contribution in [0.25, 0.3) is 6.08 Å². The van der Waals surface area contributed by atoms with Gasteiger partial charge in [0.15, 0.2) is 11.5 Å². The van der Waals surface area contributed by atoms with Gasteiger partial charge in [-0.3, -0.25) is 14.4 Å². The first-order chi connectivity index (χ1) is 22.2. The van der Waals surface area contributed by atoms with Crippen molar-refractivity contribution in [1.82, 2.24) is 5.32 Å². The molecule has 0 spiro atoms. The first-order valence-electron chi connectivity index (χ1n) is 14.6. The van der Waals surface area contributed by atoms with E-state index in [1.807, 2.05) is 44.2 Å². The number of amides is 3. The van der Waals surface area contributed by atoms with Crippen LogP contribution in [0, 0.1) is 6.92 Å². The number of hydrogen-bond acceptors (Lipinski definition) is 7. The summed E-state index contributed by atoms with van der Waals surface area (Å²) in [5, 5.41) is 8.26. The predicted molar refractivity (Wildman–Crippen MR) is 183 cm³/mol. The second-order valence-electron chi connectivity index (χ2n) is 10.2. The number of thioether (sulfide) groups is 1. The van der Waals surface area contributed by atoms with Gasteiger partial charge in [0.1, 0.15) is 5.70 Å². The van der Waals surface area contributed by atoms with E-state index in [9.17, 15) is 14.4 Å². The van der Waals surface area contributed by atoms with Gasteiger partial charge < -0.3 is 30.2 Å². The molecule has 0 saturated heterocycles. The van der Waals surface area contributed by atoms with Crippen molar-refractivity contribution in [2.75, 3.05) is 32.0 Å². The van der Waals surface area contributed by atoms with Crippen LogP contribution in [0.15, 0.2) is 102 Å². The van der Waals surface area contributed by atoms with Crippen LogP contribution in [-0.2, 0) is 9.59 Å². The lowest BCUT2D eigenvalue weighted by atomic mass is 10.1. The summed E-state index contributed by atoms with van der Waals surface area (Å²) in [5.74, 6) is 0.0711. The molecule has 3 N–H and O–H groups in total. The summed E-state index contributed by atoms with van der Waals surface area (Å²) < 4.78 is 16.3. The van der Waals surface area contributed by atoms with Crippen LogP contribution >= 0.6 is 11.8 Å². The Labute approximate surface area is 273 Å². The van der Waals surface area contributed by atoms with Crippen LogP contribution in [-0.4, -0.2) is 44.3 Å². The molecule has 4 rings (SSSR count). The van der Waals surface area contributed by atoms with E-state index in [0.717, 1.165) is 16.1 Å². The SMILES string of the molecule is CCC(Sc1cccc(NC(=O)/C(=C\c2cc(OC)c(OC)c(OC)c2)NC(=O)c2ccccc2)c1)C(=O)Nc1cccc(C)c1. The van der Waals surface area contributed by atoms with Crippen LogP contribution in [0.4, 0.5) is 11.4 Å². The van der Waals surface area contributed by atoms with E-state index in [-0.39, 0.29) is 16.9 Å². The number of nitrogens with one attached hydrogen (secondary N) is 3. The summed E-state index contributed by atoms with van der Waals surface area (Å²) in [5.41, 5.74) is 3.20. The fourth-order valence-electron chi connectivity index (χ4n) is 4.57. The topological polar surface area (TPSA) is 115 Å². The number of aryl methyl sites for hydroxylation is 1. The van der Waals surface area contributed by atoms with Crippen molar-refractivity contribution in [2.24, 2.45) is 0 Å². The van der Waals surface area contributed by atoms with Gasteiger partial charge in [-0.05, 0) is 85.1 Å². The number of benzene rings is 4. The van der Waals surface area contributed by atoms with E-state index in [2.05, 4.69) is 16.0 Å². The number of hydrogen-bond donors (Lipinski definition) is 3. The minimum atomic E-state index is -0.551. The molecule has 3 amide bonds. The molecule has 10 heteroatoms. The number of anilines is 2. The van der Waals surface area contributed by atoms with Gasteiger partial charge in [0.25, 0.3) is 11.8 Å². The highest BCUT2D eigenvalue weighted by Gasteiger charge is 2.20. The van der Waals surface area contributed by atoms with E-state index in [1.165, 1.54) is 39.2 Å². The molecule has 1 atom stereocenters. The van der Waals surface area contributed by atoms with Crippen molar-refractivity contribution < 1.29 is 28.6 Å². The number of ether oxygens (including phenoxy) is 3. The zero-order valence-corrected chi connectivity index (χ0v) is 27.2. The zero-order chi connectivity index (χ0) is 33.1. The number of rotatable bonds is 13. The van der Waals surface area contributed by atoms with E-state index in [4.69, 9.17) is 14.2 Å². The average Bonchev–Trinajstić information content (AvgIpc) is 3.06. The highest BCUT2D eigenvalue weighted by molar-refractivity contribution is 8.00. The Morgan fingerprint density at radius 1 is 0.783 bits per heavy atom. The molecule has 0 heterocycles. The summed E-state index contributed by atoms with van der Waals surface area (Å²) in [6.07, 6.45) is 2.13. The monoisotopic (exact) mass is 639 g/mol. The van der Waals surface area contributed by atoms with Crippen LogP contribution in [0.3, 0.4) is 0 Å². The van der Waals surface area contributed by atoms with Crippen molar-refractivity contribution in [2.45, 2.75) is 30.4 Å². The van der Waals surface area contributed by atoms with E-state index in [0.29, 0.717) is 40.5 Å². The quantitative estimate of drug-likeness (QED) is 0.107. The standard InChI is InChI=1S/C36H37N3O6S/c1-6-32(36(42)38-26-15-10-12-23(2)18-26)46-28-17-11-16-27(22-28)37-35(41)29(39-34(40)25-13-8-7-9-14-25)19-24-20-30(43-3)33(45-5)31(21-24)44-4/h7-22,32H,6H2,1-5H3,(H,37,41)(H,38,42)(H,39,40)/b29-19+. The third-order valence-corrected chi connectivity index (χ3v) is 8.20. The molecule has 0 bridgehead atoms. The Morgan fingerprint density at radius 3 is 2.04 bits per heavy atom. The summed E-state index contributed by atoms with van der Waals surface area (Å²) in [7, 11) is 4.49. The van der Waals surface area contributed by atoms with Gasteiger partial charge in [0.05, 0.1) is 26.6 Å². The lowest BCUT2D eigenvalue weighted by molar-refractivity contribution is -0.116. The number of methoxy groups -OCH3 is 3. The van der Waals surface area contributed by atoms with E-state index < -0.39 is 11.8 Å². The largest absolute Gasteiger partial charge is 0.493 e. The molecule has 0 saturated carbocycles. The Morgan fingerprint density at radius 2 is 1.43 bits per heavy atom. The molecule has 4 aromatic rings. The normalized spacial score (nSPS) is 11.6. The summed E-state index contributed by atoms with van der Waals surface area (Å²) in [4.78, 5) is 40.7. The molecule has 0 aliphatic carbocycles. The molecule has 0 radical (unpaired) electrons. The van der Waals surface area contributed by atoms with Crippen molar-refractivity contribution in [3.05, 3.63) is 113 Å². The predicted octanol–water partition coefficient (Wildman–Crippen LogP) is 6.94. The van der Waals surface area contributed by atoms with Gasteiger partial charge in [0, 0.05) is 21.8 Å². The van der Waals surface area contributed by atoms with E-state index in [1.54, 1.807) is 60.7 Å². The third-order valence-electron chi connectivity index (χ3n) is 6.85. The number of carbonyl (C=O) groups excluding carboxylic acids is 3. The third kappa shape index (κ3) is 8.92. The second-order valence-corrected chi connectivity index (χ2v) is 11.5. The van der Waals surface area contributed by atoms with Crippen LogP contribution in [0.5, 0.6) is 17.2 Å². The van der Waals surface area contributed by atoms with Crippen molar-refractivity contribution in [3.8, 4) is 17.2 Å². The fraction of sp³-hybridized carbons (Fsp3) is 0.194. The van der Waals surface area contributed by atoms with Crippen molar-refractivity contribution >= 4 is 46.9 Å².